The van der Waals surface area contributed by atoms with Crippen LogP contribution in [0.2, 0.25) is 5.02 Å². The molecule has 1 aromatic heterocycles. The molecule has 2 heterocycles. The number of anilines is 1. The summed E-state index contributed by atoms with van der Waals surface area (Å²) in [5.74, 6) is -0.266. The van der Waals surface area contributed by atoms with Gasteiger partial charge >= 0.3 is 5.97 Å². The number of rotatable bonds is 4. The van der Waals surface area contributed by atoms with Crippen LogP contribution in [0.1, 0.15) is 52.0 Å². The molecule has 1 aliphatic carbocycles. The van der Waals surface area contributed by atoms with Gasteiger partial charge in [0.15, 0.2) is 5.11 Å². The molecule has 172 valence electrons. The van der Waals surface area contributed by atoms with E-state index in [0.29, 0.717) is 10.7 Å². The highest BCUT2D eigenvalue weighted by molar-refractivity contribution is 7.80. The fourth-order valence-electron chi connectivity index (χ4n) is 4.48. The normalized spacial score (nSPS) is 17.2. The number of halogens is 1. The summed E-state index contributed by atoms with van der Waals surface area (Å²) in [6.45, 7) is 4.36. The maximum absolute atomic E-state index is 12.6. The molecule has 0 radical (unpaired) electrons. The molecule has 0 amide bonds. The van der Waals surface area contributed by atoms with E-state index in [1.54, 1.807) is 11.3 Å². The van der Waals surface area contributed by atoms with Crippen LogP contribution in [-0.4, -0.2) is 54.2 Å². The van der Waals surface area contributed by atoms with Crippen molar-refractivity contribution >= 4 is 51.2 Å². The predicted molar refractivity (Wildman–Crippen MR) is 136 cm³/mol. The molecule has 0 bridgehead atoms. The number of methoxy groups -OCH3 is 1. The van der Waals surface area contributed by atoms with Crippen LogP contribution in [-0.2, 0) is 24.1 Å². The van der Waals surface area contributed by atoms with Gasteiger partial charge in [0.2, 0.25) is 0 Å². The molecule has 2 aliphatic rings. The zero-order chi connectivity index (χ0) is 22.5. The van der Waals surface area contributed by atoms with Crippen LogP contribution in [0.25, 0.3) is 0 Å². The summed E-state index contributed by atoms with van der Waals surface area (Å²) in [5, 5.41) is 5.74. The topological polar surface area (TPSA) is 44.8 Å². The molecule has 0 saturated carbocycles. The Bertz CT molecular complexity index is 970. The number of thiocarbonyl (C=S) groups is 1. The third-order valence-corrected chi connectivity index (χ3v) is 8.23. The Morgan fingerprint density at radius 1 is 1.12 bits per heavy atom. The number of hydrogen-bond acceptors (Lipinski definition) is 5. The van der Waals surface area contributed by atoms with E-state index in [-0.39, 0.29) is 5.97 Å². The second-order valence-electron chi connectivity index (χ2n) is 8.40. The summed E-state index contributed by atoms with van der Waals surface area (Å²) in [6, 6.07) is 8.01. The van der Waals surface area contributed by atoms with Gasteiger partial charge in [-0.05, 0) is 55.1 Å². The quantitative estimate of drug-likeness (QED) is 0.458. The number of nitrogens with zero attached hydrogens (tertiary/aromatic N) is 2. The van der Waals surface area contributed by atoms with Crippen molar-refractivity contribution in [2.24, 2.45) is 0 Å². The van der Waals surface area contributed by atoms with E-state index >= 15 is 0 Å². The van der Waals surface area contributed by atoms with Crippen LogP contribution in [0.5, 0.6) is 0 Å². The molecular formula is C24H30ClN3O2S2. The average Bonchev–Trinajstić information content (AvgIpc) is 3.11. The molecule has 0 spiro atoms. The first-order chi connectivity index (χ1) is 15.6. The van der Waals surface area contributed by atoms with Crippen LogP contribution < -0.4 is 5.32 Å². The summed E-state index contributed by atoms with van der Waals surface area (Å²) < 4.78 is 5.13. The monoisotopic (exact) mass is 491 g/mol. The van der Waals surface area contributed by atoms with Crippen LogP contribution >= 0.6 is 35.2 Å². The maximum atomic E-state index is 12.6. The molecule has 5 nitrogen and oxygen atoms in total. The van der Waals surface area contributed by atoms with E-state index in [4.69, 9.17) is 28.6 Å². The summed E-state index contributed by atoms with van der Waals surface area (Å²) in [7, 11) is 1.45. The smallest absolute Gasteiger partial charge is 0.341 e. The number of thiophene rings is 1. The van der Waals surface area contributed by atoms with Crippen molar-refractivity contribution < 1.29 is 9.53 Å². The Hall–Kier alpha value is -1.67. The molecule has 1 aliphatic heterocycles. The molecule has 4 rings (SSSR count). The fourth-order valence-corrected chi connectivity index (χ4v) is 6.30. The first-order valence-electron chi connectivity index (χ1n) is 11.3. The number of benzene rings is 1. The lowest BCUT2D eigenvalue weighted by Gasteiger charge is -2.36. The lowest BCUT2D eigenvalue weighted by Crippen LogP contribution is -2.49. The van der Waals surface area contributed by atoms with Gasteiger partial charge < -0.3 is 15.0 Å². The van der Waals surface area contributed by atoms with Crippen LogP contribution in [0.15, 0.2) is 24.3 Å². The van der Waals surface area contributed by atoms with E-state index in [1.165, 1.54) is 31.2 Å². The summed E-state index contributed by atoms with van der Waals surface area (Å²) >= 11 is 13.7. The van der Waals surface area contributed by atoms with Crippen LogP contribution in [0.3, 0.4) is 0 Å². The zero-order valence-corrected chi connectivity index (χ0v) is 20.9. The van der Waals surface area contributed by atoms with Crippen LogP contribution in [0, 0.1) is 0 Å². The highest BCUT2D eigenvalue weighted by atomic mass is 35.5. The van der Waals surface area contributed by atoms with Crippen molar-refractivity contribution in [2.45, 2.75) is 45.1 Å². The third-order valence-electron chi connectivity index (χ3n) is 6.29. The summed E-state index contributed by atoms with van der Waals surface area (Å²) in [6.07, 6.45) is 6.72. The molecule has 0 atom stereocenters. The Morgan fingerprint density at radius 3 is 2.56 bits per heavy atom. The number of carbonyl (C=O) groups excluding carboxylic acids is 1. The number of ether oxygens (including phenoxy) is 1. The molecule has 32 heavy (non-hydrogen) atoms. The van der Waals surface area contributed by atoms with E-state index in [9.17, 15) is 4.79 Å². The first kappa shape index (κ1) is 23.5. The second kappa shape index (κ2) is 11.0. The number of piperazine rings is 1. The van der Waals surface area contributed by atoms with Gasteiger partial charge in [-0.3, -0.25) is 4.90 Å². The minimum Gasteiger partial charge on any atom is -0.465 e. The Labute approximate surface area is 204 Å². The Kier molecular flexibility index (Phi) is 8.05. The maximum Gasteiger partial charge on any atom is 0.341 e. The molecule has 1 saturated heterocycles. The molecule has 1 aromatic carbocycles. The van der Waals surface area contributed by atoms with Crippen molar-refractivity contribution in [1.82, 2.24) is 9.80 Å². The van der Waals surface area contributed by atoms with Crippen molar-refractivity contribution in [2.75, 3.05) is 38.6 Å². The third kappa shape index (κ3) is 5.45. The number of nitrogens with one attached hydrogen (secondary N) is 1. The van der Waals surface area contributed by atoms with Gasteiger partial charge in [-0.25, -0.2) is 4.79 Å². The van der Waals surface area contributed by atoms with Gasteiger partial charge in [0.1, 0.15) is 5.00 Å². The molecule has 1 fully saturated rings. The minimum atomic E-state index is -0.266. The van der Waals surface area contributed by atoms with Crippen molar-refractivity contribution in [3.8, 4) is 0 Å². The lowest BCUT2D eigenvalue weighted by molar-refractivity contribution is 0.0601. The average molecular weight is 492 g/mol. The minimum absolute atomic E-state index is 0.266. The van der Waals surface area contributed by atoms with Crippen molar-refractivity contribution in [3.63, 3.8) is 0 Å². The van der Waals surface area contributed by atoms with E-state index in [1.807, 2.05) is 18.2 Å². The predicted octanol–water partition coefficient (Wildman–Crippen LogP) is 5.36. The van der Waals surface area contributed by atoms with Crippen LogP contribution in [0.4, 0.5) is 5.00 Å². The molecule has 2 aromatic rings. The first-order valence-corrected chi connectivity index (χ1v) is 12.9. The van der Waals surface area contributed by atoms with Gasteiger partial charge in [-0.2, -0.15) is 0 Å². The summed E-state index contributed by atoms with van der Waals surface area (Å²) in [5.41, 5.74) is 3.01. The molecule has 0 unspecified atom stereocenters. The highest BCUT2D eigenvalue weighted by Gasteiger charge is 2.27. The standard InChI is InChI=1S/C24H30ClN3O2S2/c1-30-23(29)21-18-9-4-2-3-5-11-20(18)32-22(21)26-24(31)28-14-12-27(13-15-28)16-17-8-6-7-10-19(17)25/h6-8,10H,2-5,9,11-16H2,1H3,(H,26,31). The molecule has 8 heteroatoms. The van der Waals surface area contributed by atoms with E-state index < -0.39 is 0 Å². The van der Waals surface area contributed by atoms with Crippen molar-refractivity contribution in [1.29, 1.82) is 0 Å². The SMILES string of the molecule is COC(=O)c1c(NC(=S)N2CCN(Cc3ccccc3Cl)CC2)sc2c1CCCCCC2. The largest absolute Gasteiger partial charge is 0.465 e. The number of aryl methyl sites for hydroxylation is 1. The van der Waals surface area contributed by atoms with E-state index in [2.05, 4.69) is 21.2 Å². The van der Waals surface area contributed by atoms with E-state index in [0.717, 1.165) is 73.1 Å². The van der Waals surface area contributed by atoms with Crippen molar-refractivity contribution in [3.05, 3.63) is 50.9 Å². The number of esters is 1. The van der Waals surface area contributed by atoms with Gasteiger partial charge in [0.05, 0.1) is 12.7 Å². The van der Waals surface area contributed by atoms with Gasteiger partial charge in [0.25, 0.3) is 0 Å². The second-order valence-corrected chi connectivity index (χ2v) is 10.3. The molecular weight excluding hydrogens is 462 g/mol. The Morgan fingerprint density at radius 2 is 1.84 bits per heavy atom. The molecule has 1 N–H and O–H groups in total. The zero-order valence-electron chi connectivity index (χ0n) is 18.5. The summed E-state index contributed by atoms with van der Waals surface area (Å²) in [4.78, 5) is 18.5. The van der Waals surface area contributed by atoms with Gasteiger partial charge in [0, 0.05) is 42.6 Å². The van der Waals surface area contributed by atoms with Gasteiger partial charge in [-0.1, -0.05) is 42.6 Å². The highest BCUT2D eigenvalue weighted by Crippen LogP contribution is 2.37. The van der Waals surface area contributed by atoms with Gasteiger partial charge in [-0.15, -0.1) is 11.3 Å². The number of carbonyl (C=O) groups is 1. The fraction of sp³-hybridized carbons (Fsp3) is 0.500. The lowest BCUT2D eigenvalue weighted by atomic mass is 9.96. The number of hydrogen-bond donors (Lipinski definition) is 1. The Balaban J connectivity index is 1.41. The number of fused-ring (bicyclic) bond motifs is 1.